The lowest BCUT2D eigenvalue weighted by Crippen LogP contribution is -2.21. The molecule has 0 saturated carbocycles. The molecule has 1 aliphatic heterocycles. The zero-order valence-electron chi connectivity index (χ0n) is 25.7. The number of hydrogen-bond donors (Lipinski definition) is 3. The van der Waals surface area contributed by atoms with E-state index in [1.165, 1.54) is 39.5 Å². The van der Waals surface area contributed by atoms with Crippen LogP contribution in [0.5, 0.6) is 34.5 Å². The molecule has 0 saturated heterocycles. The minimum Gasteiger partial charge on any atom is -0.504 e. The number of esters is 2. The van der Waals surface area contributed by atoms with Crippen LogP contribution >= 0.6 is 0 Å². The number of methoxy groups -OCH3 is 3. The molecule has 0 aromatic heterocycles. The predicted molar refractivity (Wildman–Crippen MR) is 166 cm³/mol. The molecule has 0 amide bonds. The van der Waals surface area contributed by atoms with Gasteiger partial charge in [0, 0.05) is 22.8 Å². The van der Waals surface area contributed by atoms with Crippen molar-refractivity contribution in [2.75, 3.05) is 41.2 Å². The molecule has 4 rings (SSSR count). The molecule has 3 N–H and O–H groups in total. The Balaban J connectivity index is 1.91. The van der Waals surface area contributed by atoms with E-state index >= 15 is 0 Å². The molecule has 0 radical (unpaired) electrons. The molecule has 3 aromatic rings. The third-order valence-corrected chi connectivity index (χ3v) is 7.12. The Hall–Kier alpha value is -5.16. The van der Waals surface area contributed by atoms with Gasteiger partial charge in [-0.15, -0.1) is 0 Å². The zero-order valence-corrected chi connectivity index (χ0v) is 25.7. The summed E-state index contributed by atoms with van der Waals surface area (Å²) in [5, 5.41) is 31.7. The van der Waals surface area contributed by atoms with Gasteiger partial charge in [-0.1, -0.05) is 12.2 Å². The number of fused-ring (bicyclic) bond motifs is 1. The molecule has 3 aromatic carbocycles. The number of hydrogen-bond acceptors (Lipinski definition) is 11. The van der Waals surface area contributed by atoms with Crippen LogP contribution in [0.3, 0.4) is 0 Å². The van der Waals surface area contributed by atoms with Gasteiger partial charge in [0.05, 0.1) is 41.2 Å². The van der Waals surface area contributed by atoms with Gasteiger partial charge < -0.3 is 43.7 Å². The van der Waals surface area contributed by atoms with Crippen LogP contribution in [0.25, 0.3) is 23.3 Å². The highest BCUT2D eigenvalue weighted by Crippen LogP contribution is 2.54. The van der Waals surface area contributed by atoms with E-state index in [9.17, 15) is 24.9 Å². The summed E-state index contributed by atoms with van der Waals surface area (Å²) in [6.45, 7) is 3.56. The number of aromatic hydroxyl groups is 2. The summed E-state index contributed by atoms with van der Waals surface area (Å²) in [4.78, 5) is 25.4. The van der Waals surface area contributed by atoms with Crippen molar-refractivity contribution in [3.63, 3.8) is 0 Å². The first-order valence-electron chi connectivity index (χ1n) is 14.2. The smallest absolute Gasteiger partial charge is 0.330 e. The SMILES string of the molecule is CCOC(=O)/C=C/c1cc(OC)c(O)c(-c2cc([C@@H]3Oc4c(OC)cc(/C=C/CO)cc4[C@H]3C(=O)OCC)cc(OC)c2O)c1. The summed E-state index contributed by atoms with van der Waals surface area (Å²) in [7, 11) is 4.23. The summed E-state index contributed by atoms with van der Waals surface area (Å²) in [6.07, 6.45) is 5.03. The van der Waals surface area contributed by atoms with Gasteiger partial charge in [-0.25, -0.2) is 4.79 Å². The Kier molecular flexibility index (Phi) is 10.6. The fraction of sp³-hybridized carbons (Fsp3) is 0.294. The second-order valence-electron chi connectivity index (χ2n) is 9.82. The van der Waals surface area contributed by atoms with Crippen LogP contribution in [0.2, 0.25) is 0 Å². The first kappa shape index (κ1) is 32.7. The molecule has 1 aliphatic rings. The topological polar surface area (TPSA) is 150 Å². The highest BCUT2D eigenvalue weighted by molar-refractivity contribution is 5.89. The van der Waals surface area contributed by atoms with Crippen LogP contribution in [0.1, 0.15) is 48.1 Å². The lowest BCUT2D eigenvalue weighted by atomic mass is 9.88. The van der Waals surface area contributed by atoms with Crippen LogP contribution in [0, 0.1) is 0 Å². The third kappa shape index (κ3) is 6.83. The van der Waals surface area contributed by atoms with Crippen molar-refractivity contribution in [1.82, 2.24) is 0 Å². The monoisotopic (exact) mass is 620 g/mol. The quantitative estimate of drug-likeness (QED) is 0.182. The zero-order chi connectivity index (χ0) is 32.7. The fourth-order valence-corrected chi connectivity index (χ4v) is 5.14. The molecule has 0 aliphatic carbocycles. The predicted octanol–water partition coefficient (Wildman–Crippen LogP) is 5.15. The standard InChI is InChI=1S/C34H36O11/c1-6-43-28(36)11-10-20-13-22(30(37)25(15-20)40-3)23-17-21(18-26(41-4)31(23)38)32-29(34(39)44-7-2)24-14-19(9-8-12-35)16-27(42-5)33(24)45-32/h8-11,13-18,29,32,35,37-38H,6-7,12H2,1-5H3/b9-8+,11-10+/t29-,32+/m1/s1. The molecule has 1 heterocycles. The van der Waals surface area contributed by atoms with Gasteiger partial charge in [0.15, 0.2) is 34.5 Å². The Morgan fingerprint density at radius 1 is 0.800 bits per heavy atom. The lowest BCUT2D eigenvalue weighted by molar-refractivity contribution is -0.146. The van der Waals surface area contributed by atoms with Crippen molar-refractivity contribution in [3.8, 4) is 45.6 Å². The van der Waals surface area contributed by atoms with E-state index in [0.29, 0.717) is 33.8 Å². The number of carbonyl (C=O) groups excluding carboxylic acids is 2. The molecule has 0 unspecified atom stereocenters. The largest absolute Gasteiger partial charge is 0.504 e. The molecule has 238 valence electrons. The van der Waals surface area contributed by atoms with E-state index in [1.807, 2.05) is 0 Å². The molecule has 0 fully saturated rings. The second-order valence-corrected chi connectivity index (χ2v) is 9.82. The van der Waals surface area contributed by atoms with Gasteiger partial charge in [-0.2, -0.15) is 0 Å². The average Bonchev–Trinajstić information content (AvgIpc) is 3.43. The van der Waals surface area contributed by atoms with Crippen molar-refractivity contribution >= 4 is 24.1 Å². The first-order valence-corrected chi connectivity index (χ1v) is 14.2. The number of phenols is 2. The van der Waals surface area contributed by atoms with Crippen molar-refractivity contribution in [2.45, 2.75) is 25.9 Å². The van der Waals surface area contributed by atoms with Crippen LogP contribution in [-0.2, 0) is 19.1 Å². The van der Waals surface area contributed by atoms with Crippen molar-refractivity contribution in [3.05, 3.63) is 70.8 Å². The van der Waals surface area contributed by atoms with Crippen LogP contribution in [0.15, 0.2) is 48.6 Å². The molecule has 2 atom stereocenters. The summed E-state index contributed by atoms with van der Waals surface area (Å²) in [5.41, 5.74) is 2.39. The fourth-order valence-electron chi connectivity index (χ4n) is 5.14. The van der Waals surface area contributed by atoms with Crippen LogP contribution in [0.4, 0.5) is 0 Å². The Morgan fingerprint density at radius 3 is 2.02 bits per heavy atom. The summed E-state index contributed by atoms with van der Waals surface area (Å²) in [6, 6.07) is 9.68. The van der Waals surface area contributed by atoms with E-state index in [4.69, 9.17) is 28.4 Å². The number of aliphatic hydroxyl groups excluding tert-OH is 1. The van der Waals surface area contributed by atoms with Crippen molar-refractivity contribution in [1.29, 1.82) is 0 Å². The second kappa shape index (κ2) is 14.5. The summed E-state index contributed by atoms with van der Waals surface area (Å²) in [5.74, 6) is -1.76. The number of benzene rings is 3. The van der Waals surface area contributed by atoms with Crippen LogP contribution < -0.4 is 18.9 Å². The number of phenolic OH excluding ortho intramolecular Hbond substituents is 2. The lowest BCUT2D eigenvalue weighted by Gasteiger charge is -2.21. The minimum absolute atomic E-state index is 0.0500. The number of ether oxygens (including phenoxy) is 6. The van der Waals surface area contributed by atoms with Gasteiger partial charge in [0.2, 0.25) is 0 Å². The van der Waals surface area contributed by atoms with Gasteiger partial charge in [-0.05, 0) is 73.0 Å². The normalized spacial score (nSPS) is 15.5. The minimum atomic E-state index is -0.950. The summed E-state index contributed by atoms with van der Waals surface area (Å²) < 4.78 is 33.3. The average molecular weight is 621 g/mol. The molecule has 11 nitrogen and oxygen atoms in total. The first-order chi connectivity index (χ1) is 21.7. The van der Waals surface area contributed by atoms with Crippen molar-refractivity contribution < 1.29 is 53.3 Å². The van der Waals surface area contributed by atoms with E-state index in [1.54, 1.807) is 56.3 Å². The summed E-state index contributed by atoms with van der Waals surface area (Å²) >= 11 is 0. The van der Waals surface area contributed by atoms with Gasteiger partial charge in [0.1, 0.15) is 12.0 Å². The third-order valence-electron chi connectivity index (χ3n) is 7.12. The van der Waals surface area contributed by atoms with Gasteiger partial charge in [0.25, 0.3) is 0 Å². The number of rotatable bonds is 12. The van der Waals surface area contributed by atoms with Crippen LogP contribution in [-0.4, -0.2) is 68.4 Å². The van der Waals surface area contributed by atoms with Crippen molar-refractivity contribution in [2.24, 2.45) is 0 Å². The Labute approximate surface area is 260 Å². The molecule has 0 bridgehead atoms. The highest BCUT2D eigenvalue weighted by Gasteiger charge is 2.44. The highest BCUT2D eigenvalue weighted by atomic mass is 16.6. The molecular formula is C34H36O11. The number of aliphatic hydroxyl groups is 1. The van der Waals surface area contributed by atoms with Gasteiger partial charge >= 0.3 is 11.9 Å². The maximum atomic E-state index is 13.5. The van der Waals surface area contributed by atoms with E-state index < -0.39 is 24.0 Å². The van der Waals surface area contributed by atoms with E-state index in [-0.39, 0.29) is 53.9 Å². The molecule has 45 heavy (non-hydrogen) atoms. The Bertz CT molecular complexity index is 1620. The number of carbonyl (C=O) groups is 2. The van der Waals surface area contributed by atoms with Gasteiger partial charge in [-0.3, -0.25) is 4.79 Å². The maximum Gasteiger partial charge on any atom is 0.330 e. The van der Waals surface area contributed by atoms with E-state index in [0.717, 1.165) is 0 Å². The molecular weight excluding hydrogens is 584 g/mol. The Morgan fingerprint density at radius 2 is 1.40 bits per heavy atom. The maximum absolute atomic E-state index is 13.5. The molecule has 11 heteroatoms. The van der Waals surface area contributed by atoms with E-state index in [2.05, 4.69) is 0 Å². The molecule has 0 spiro atoms.